The zero-order valence-electron chi connectivity index (χ0n) is 38.1. The van der Waals surface area contributed by atoms with Gasteiger partial charge in [0, 0.05) is 85.3 Å². The second-order valence-electron chi connectivity index (χ2n) is 18.8. The first-order chi connectivity index (χ1) is 30.6. The summed E-state index contributed by atoms with van der Waals surface area (Å²) >= 11 is 1.41. The van der Waals surface area contributed by atoms with E-state index in [0.717, 1.165) is 44.7 Å². The van der Waals surface area contributed by atoms with Crippen molar-refractivity contribution in [2.45, 2.75) is 104 Å². The van der Waals surface area contributed by atoms with Gasteiger partial charge in [-0.2, -0.15) is 0 Å². The van der Waals surface area contributed by atoms with E-state index in [1.54, 1.807) is 18.2 Å². The number of methoxy groups -OCH3 is 2. The Morgan fingerprint density at radius 3 is 2.59 bits per heavy atom. The van der Waals surface area contributed by atoms with E-state index >= 15 is 0 Å². The Hall–Kier alpha value is -5.39. The van der Waals surface area contributed by atoms with Crippen LogP contribution in [0.2, 0.25) is 0 Å². The number of hydrogen-bond donors (Lipinski definition) is 2. The minimum absolute atomic E-state index is 0.0822. The van der Waals surface area contributed by atoms with Crippen molar-refractivity contribution < 1.29 is 38.2 Å². The summed E-state index contributed by atoms with van der Waals surface area (Å²) in [7, 11) is 2.99. The SMILES string of the molecule is CCn1c(-c2cccnc2[C@H](C)OC)c2c3cc(ccc31)-c1csc(n1)C[C@H](NC(=O)[C@H](C(C)C)N1CCC3(CN(C(=O)OC)C3)C1=O)C(=O)N1CCC[C@H](N1)C(=O)OCC(C)(C)C2. The van der Waals surface area contributed by atoms with Crippen LogP contribution in [-0.2, 0) is 52.8 Å². The second-order valence-corrected chi connectivity index (χ2v) is 19.8. The first-order valence-electron chi connectivity index (χ1n) is 22.3. The summed E-state index contributed by atoms with van der Waals surface area (Å²) in [6.45, 7) is 14.0. The Balaban J connectivity index is 1.16. The molecule has 3 fully saturated rings. The van der Waals surface area contributed by atoms with E-state index in [-0.39, 0.29) is 44.0 Å². The molecule has 16 nitrogen and oxygen atoms in total. The molecule has 0 aliphatic carbocycles. The van der Waals surface area contributed by atoms with Crippen molar-refractivity contribution in [1.82, 2.24) is 40.1 Å². The molecule has 1 aromatic carbocycles. The van der Waals surface area contributed by atoms with Gasteiger partial charge in [-0.15, -0.1) is 11.3 Å². The van der Waals surface area contributed by atoms with E-state index in [9.17, 15) is 24.0 Å². The Morgan fingerprint density at radius 1 is 1.09 bits per heavy atom. The zero-order chi connectivity index (χ0) is 45.7. The van der Waals surface area contributed by atoms with Gasteiger partial charge in [0.15, 0.2) is 0 Å². The number of benzene rings is 1. The van der Waals surface area contributed by atoms with E-state index < -0.39 is 52.8 Å². The van der Waals surface area contributed by atoms with Crippen LogP contribution in [0.3, 0.4) is 0 Å². The number of amides is 4. The van der Waals surface area contributed by atoms with Crippen LogP contribution >= 0.6 is 11.3 Å². The van der Waals surface area contributed by atoms with Crippen LogP contribution in [0.1, 0.15) is 83.2 Å². The molecule has 4 aliphatic rings. The first-order valence-corrected chi connectivity index (χ1v) is 23.2. The van der Waals surface area contributed by atoms with Gasteiger partial charge in [-0.1, -0.05) is 33.8 Å². The molecule has 8 rings (SSSR count). The van der Waals surface area contributed by atoms with Gasteiger partial charge in [0.05, 0.1) is 47.3 Å². The summed E-state index contributed by atoms with van der Waals surface area (Å²) in [6.07, 6.45) is 3.22. The van der Waals surface area contributed by atoms with Crippen molar-refractivity contribution >= 4 is 52.0 Å². The lowest BCUT2D eigenvalue weighted by atomic mass is 9.78. The molecule has 3 saturated heterocycles. The number of nitrogens with one attached hydrogen (secondary N) is 2. The second kappa shape index (κ2) is 17.9. The summed E-state index contributed by atoms with van der Waals surface area (Å²) in [5.41, 5.74) is 8.50. The molecule has 4 atom stereocenters. The summed E-state index contributed by atoms with van der Waals surface area (Å²) in [5.74, 6) is -1.80. The topological polar surface area (TPSA) is 178 Å². The molecule has 1 spiro atoms. The number of hydrazine groups is 1. The minimum Gasteiger partial charge on any atom is -0.464 e. The number of carbonyl (C=O) groups is 5. The number of hydrogen-bond acceptors (Lipinski definition) is 12. The molecule has 64 heavy (non-hydrogen) atoms. The number of fused-ring (bicyclic) bond motifs is 6. The van der Waals surface area contributed by atoms with E-state index in [4.69, 9.17) is 24.2 Å². The lowest BCUT2D eigenvalue weighted by Crippen LogP contribution is -2.64. The van der Waals surface area contributed by atoms with Crippen molar-refractivity contribution in [2.75, 3.05) is 47.0 Å². The molecule has 4 amide bonds. The number of esters is 1. The summed E-state index contributed by atoms with van der Waals surface area (Å²) in [5, 5.41) is 8.13. The smallest absolute Gasteiger partial charge is 0.409 e. The van der Waals surface area contributed by atoms with E-state index in [0.29, 0.717) is 50.3 Å². The van der Waals surface area contributed by atoms with Crippen LogP contribution in [0.4, 0.5) is 4.79 Å². The maximum atomic E-state index is 14.6. The molecule has 0 saturated carbocycles. The number of aryl methyl sites for hydroxylation is 1. The quantitative estimate of drug-likeness (QED) is 0.213. The van der Waals surface area contributed by atoms with Gasteiger partial charge in [-0.3, -0.25) is 29.2 Å². The Bertz CT molecular complexity index is 2460. The number of rotatable bonds is 8. The number of aromatic nitrogens is 3. The number of carbonyl (C=O) groups excluding carboxylic acids is 5. The molecule has 2 N–H and O–H groups in total. The normalized spacial score (nSPS) is 22.0. The highest BCUT2D eigenvalue weighted by atomic mass is 32.1. The third kappa shape index (κ3) is 8.37. The zero-order valence-corrected chi connectivity index (χ0v) is 38.9. The van der Waals surface area contributed by atoms with E-state index in [1.165, 1.54) is 28.4 Å². The standard InChI is InChI=1S/C47H60N8O8S/c1-9-53-36-15-14-29-20-31(36)32(40(53)30-12-10-17-48-38(30)28(4)61-7)22-46(5,6)26-63-43(58)33-13-11-18-55(51-33)42(57)34(21-37-49-35(29)23-64-37)50-41(56)39(27(2)3)54-19-16-47(44(54)59)24-52(25-47)45(60)62-8/h10,12,14-15,17,20,23,27-28,33-34,39,51H,9,11,13,16,18-19,21-22,24-26H2,1-8H3,(H,50,56)/t28-,33-,34-,39-/m0/s1. The third-order valence-electron chi connectivity index (χ3n) is 13.4. The molecule has 7 heterocycles. The van der Waals surface area contributed by atoms with Gasteiger partial charge in [0.25, 0.3) is 5.91 Å². The fraction of sp³-hybridized carbons (Fsp3) is 0.553. The molecular formula is C47H60N8O8S. The summed E-state index contributed by atoms with van der Waals surface area (Å²) in [4.78, 5) is 82.1. The van der Waals surface area contributed by atoms with E-state index in [2.05, 4.69) is 60.3 Å². The fourth-order valence-electron chi connectivity index (χ4n) is 9.97. The number of thiazole rings is 1. The van der Waals surface area contributed by atoms with Crippen LogP contribution in [0.15, 0.2) is 41.9 Å². The van der Waals surface area contributed by atoms with Gasteiger partial charge in [0.1, 0.15) is 18.1 Å². The van der Waals surface area contributed by atoms with Crippen LogP contribution < -0.4 is 10.7 Å². The van der Waals surface area contributed by atoms with Crippen molar-refractivity contribution in [3.05, 3.63) is 58.2 Å². The van der Waals surface area contributed by atoms with Crippen molar-refractivity contribution in [3.63, 3.8) is 0 Å². The molecule has 4 aromatic rings. The highest BCUT2D eigenvalue weighted by Gasteiger charge is 2.58. The average molecular weight is 897 g/mol. The summed E-state index contributed by atoms with van der Waals surface area (Å²) < 4.78 is 19.1. The lowest BCUT2D eigenvalue weighted by Gasteiger charge is -2.45. The van der Waals surface area contributed by atoms with Gasteiger partial charge in [-0.25, -0.2) is 15.2 Å². The average Bonchev–Trinajstić information content (AvgIpc) is 3.97. The van der Waals surface area contributed by atoms with Gasteiger partial charge >= 0.3 is 12.1 Å². The molecule has 0 unspecified atom stereocenters. The number of nitrogens with zero attached hydrogens (tertiary/aromatic N) is 6. The molecule has 17 heteroatoms. The van der Waals surface area contributed by atoms with Crippen LogP contribution in [0, 0.1) is 16.7 Å². The maximum Gasteiger partial charge on any atom is 0.409 e. The van der Waals surface area contributed by atoms with Gasteiger partial charge in [0.2, 0.25) is 11.8 Å². The monoisotopic (exact) mass is 896 g/mol. The Kier molecular flexibility index (Phi) is 12.6. The lowest BCUT2D eigenvalue weighted by molar-refractivity contribution is -0.155. The molecule has 6 bridgehead atoms. The van der Waals surface area contributed by atoms with Crippen LogP contribution in [0.5, 0.6) is 0 Å². The van der Waals surface area contributed by atoms with Crippen molar-refractivity contribution in [2.24, 2.45) is 16.7 Å². The fourth-order valence-corrected chi connectivity index (χ4v) is 10.8. The summed E-state index contributed by atoms with van der Waals surface area (Å²) in [6, 6.07) is 7.68. The molecule has 3 aromatic heterocycles. The predicted molar refractivity (Wildman–Crippen MR) is 241 cm³/mol. The van der Waals surface area contributed by atoms with Crippen LogP contribution in [0.25, 0.3) is 33.4 Å². The van der Waals surface area contributed by atoms with Crippen molar-refractivity contribution in [3.8, 4) is 22.5 Å². The van der Waals surface area contributed by atoms with Crippen LogP contribution in [-0.4, -0.2) is 124 Å². The predicted octanol–water partition coefficient (Wildman–Crippen LogP) is 5.53. The Labute approximate surface area is 378 Å². The number of ether oxygens (including phenoxy) is 3. The third-order valence-corrected chi connectivity index (χ3v) is 14.2. The first kappa shape index (κ1) is 45.2. The maximum absolute atomic E-state index is 14.6. The molecule has 0 radical (unpaired) electrons. The number of pyridine rings is 1. The molecule has 4 aliphatic heterocycles. The van der Waals surface area contributed by atoms with Gasteiger partial charge < -0.3 is 33.9 Å². The number of likely N-dealkylation sites (tertiary alicyclic amines) is 2. The highest BCUT2D eigenvalue weighted by molar-refractivity contribution is 7.10. The van der Waals surface area contributed by atoms with Gasteiger partial charge in [-0.05, 0) is 75.3 Å². The largest absolute Gasteiger partial charge is 0.464 e. The molecule has 342 valence electrons. The van der Waals surface area contributed by atoms with E-state index in [1.807, 2.05) is 32.2 Å². The number of cyclic esters (lactones) is 1. The highest BCUT2D eigenvalue weighted by Crippen LogP contribution is 2.44. The molecular weight excluding hydrogens is 837 g/mol. The minimum atomic E-state index is -1.07. The van der Waals surface area contributed by atoms with Crippen molar-refractivity contribution in [1.29, 1.82) is 0 Å². The Morgan fingerprint density at radius 2 is 1.88 bits per heavy atom.